The number of thioether (sulfide) groups is 3. The Kier molecular flexibility index (Phi) is 67.9. The minimum Gasteiger partial charge on any atom is -0.125 e. The van der Waals surface area contributed by atoms with Crippen molar-refractivity contribution >= 4 is 35.3 Å². The highest BCUT2D eigenvalue weighted by molar-refractivity contribution is 8.03. The molecular formula is C78H149S3. The fraction of sp³-hybridized carbons (Fsp3) is 0.910. The van der Waals surface area contributed by atoms with Gasteiger partial charge in [-0.05, 0) is 67.1 Å². The van der Waals surface area contributed by atoms with E-state index < -0.39 is 0 Å². The molecule has 0 saturated heterocycles. The van der Waals surface area contributed by atoms with Crippen molar-refractivity contribution in [2.75, 3.05) is 17.3 Å². The van der Waals surface area contributed by atoms with Gasteiger partial charge in [-0.15, -0.1) is 35.3 Å². The summed E-state index contributed by atoms with van der Waals surface area (Å²) in [5.41, 5.74) is 1.53. The zero-order valence-electron chi connectivity index (χ0n) is 56.2. The standard InChI is InChI=1S/C78H149S3/c1-5-9-12-15-18-21-24-27-30-33-36-39-42-45-48-51-54-57-60-63-66-70-79-76-73-75(69-8-4)74-77(80-71-67-64-61-58-55-52-49-46-43-40-37-34-31-28-25-22-19-16-13-10-6-2)78(76)81-72-68-65-62-59-56-53-50-47-44-41-38-35-32-29-26-23-20-17-14-11-7-3/h73-74H,4-72H2,1-3H3. The largest absolute Gasteiger partial charge is 0.125 e. The van der Waals surface area contributed by atoms with Crippen LogP contribution in [0.3, 0.4) is 0 Å². The first-order chi connectivity index (χ1) is 40.3. The molecule has 0 spiro atoms. The Morgan fingerprint density at radius 1 is 0.222 bits per heavy atom. The van der Waals surface area contributed by atoms with Gasteiger partial charge in [-0.1, -0.05) is 413 Å². The molecule has 0 heterocycles. The van der Waals surface area contributed by atoms with Crippen molar-refractivity contribution in [1.29, 1.82) is 0 Å². The van der Waals surface area contributed by atoms with Crippen molar-refractivity contribution in [3.05, 3.63) is 24.6 Å². The van der Waals surface area contributed by atoms with Crippen LogP contribution in [0.25, 0.3) is 0 Å². The first kappa shape index (κ1) is 79.3. The number of rotatable bonds is 71. The zero-order chi connectivity index (χ0) is 57.9. The van der Waals surface area contributed by atoms with Gasteiger partial charge in [-0.25, -0.2) is 0 Å². The zero-order valence-corrected chi connectivity index (χ0v) is 58.6. The second-order valence-corrected chi connectivity index (χ2v) is 29.7. The van der Waals surface area contributed by atoms with E-state index in [9.17, 15) is 0 Å². The third-order valence-electron chi connectivity index (χ3n) is 18.1. The summed E-state index contributed by atoms with van der Waals surface area (Å²) in [4.78, 5) is 4.84. The minimum absolute atomic E-state index is 0.999. The molecule has 0 atom stereocenters. The Bertz CT molecular complexity index is 1240. The topological polar surface area (TPSA) is 0 Å². The molecule has 0 aliphatic carbocycles. The average molecular weight is 1180 g/mol. The molecule has 3 heteroatoms. The summed E-state index contributed by atoms with van der Waals surface area (Å²) in [5, 5.41) is 0. The van der Waals surface area contributed by atoms with Crippen molar-refractivity contribution in [1.82, 2.24) is 0 Å². The lowest BCUT2D eigenvalue weighted by atomic mass is 10.0. The van der Waals surface area contributed by atoms with Crippen molar-refractivity contribution in [2.45, 2.75) is 453 Å². The molecule has 0 aliphatic heterocycles. The van der Waals surface area contributed by atoms with E-state index in [1.807, 2.05) is 0 Å². The molecule has 1 aromatic rings. The van der Waals surface area contributed by atoms with E-state index in [4.69, 9.17) is 0 Å². The van der Waals surface area contributed by atoms with Crippen LogP contribution in [0.2, 0.25) is 0 Å². The van der Waals surface area contributed by atoms with Crippen molar-refractivity contribution < 1.29 is 0 Å². The van der Waals surface area contributed by atoms with Gasteiger partial charge in [0.05, 0.1) is 0 Å². The van der Waals surface area contributed by atoms with Gasteiger partial charge in [0.1, 0.15) is 0 Å². The van der Waals surface area contributed by atoms with Crippen LogP contribution in [0.1, 0.15) is 437 Å². The summed E-state index contributed by atoms with van der Waals surface area (Å²) < 4.78 is 0. The maximum absolute atomic E-state index is 4.30. The van der Waals surface area contributed by atoms with Crippen molar-refractivity contribution in [2.24, 2.45) is 0 Å². The molecule has 1 aromatic carbocycles. The summed E-state index contributed by atoms with van der Waals surface area (Å²) in [5.74, 6) is 3.85. The normalized spacial score (nSPS) is 11.8. The lowest BCUT2D eigenvalue weighted by Gasteiger charge is -2.17. The fourth-order valence-corrected chi connectivity index (χ4v) is 16.3. The average Bonchev–Trinajstić information content (AvgIpc) is 3.47. The van der Waals surface area contributed by atoms with Crippen LogP contribution >= 0.6 is 35.3 Å². The van der Waals surface area contributed by atoms with E-state index in [0.717, 1.165) is 12.8 Å². The smallest absolute Gasteiger partial charge is 0.0344 e. The third kappa shape index (κ3) is 59.0. The second kappa shape index (κ2) is 69.4. The van der Waals surface area contributed by atoms with E-state index in [1.165, 1.54) is 427 Å². The molecule has 1 radical (unpaired) electrons. The highest BCUT2D eigenvalue weighted by atomic mass is 32.2. The second-order valence-electron chi connectivity index (χ2n) is 26.3. The van der Waals surface area contributed by atoms with E-state index in [0.29, 0.717) is 0 Å². The molecule has 0 bridgehead atoms. The number of hydrogen-bond acceptors (Lipinski definition) is 3. The van der Waals surface area contributed by atoms with Crippen LogP contribution in [0.4, 0.5) is 0 Å². The summed E-state index contributed by atoms with van der Waals surface area (Å²) in [6.45, 7) is 11.3. The molecule has 479 valence electrons. The van der Waals surface area contributed by atoms with Gasteiger partial charge in [-0.2, -0.15) is 0 Å². The first-order valence-electron chi connectivity index (χ1n) is 38.1. The van der Waals surface area contributed by atoms with Gasteiger partial charge >= 0.3 is 0 Å². The minimum atomic E-state index is 0.999. The Hall–Kier alpha value is 0.270. The summed E-state index contributed by atoms with van der Waals surface area (Å²) in [7, 11) is 0. The molecule has 0 nitrogen and oxygen atoms in total. The predicted molar refractivity (Wildman–Crippen MR) is 380 cm³/mol. The number of hydrogen-bond donors (Lipinski definition) is 0. The Labute approximate surface area is 526 Å². The fourth-order valence-electron chi connectivity index (χ4n) is 12.5. The van der Waals surface area contributed by atoms with Crippen molar-refractivity contribution in [3.63, 3.8) is 0 Å². The number of unbranched alkanes of at least 4 members (excludes halogenated alkanes) is 60. The van der Waals surface area contributed by atoms with E-state index in [-0.39, 0.29) is 0 Å². The summed E-state index contributed by atoms with van der Waals surface area (Å²) >= 11 is 6.61. The van der Waals surface area contributed by atoms with E-state index in [1.54, 1.807) is 14.7 Å². The van der Waals surface area contributed by atoms with Gasteiger partial charge in [0, 0.05) is 14.7 Å². The molecule has 0 amide bonds. The van der Waals surface area contributed by atoms with E-state index in [2.05, 4.69) is 75.1 Å². The maximum Gasteiger partial charge on any atom is 0.0344 e. The molecule has 0 unspecified atom stereocenters. The monoisotopic (exact) mass is 1180 g/mol. The molecular weight excluding hydrogens is 1030 g/mol. The highest BCUT2D eigenvalue weighted by Gasteiger charge is 2.14. The van der Waals surface area contributed by atoms with Crippen molar-refractivity contribution in [3.8, 4) is 0 Å². The molecule has 0 aromatic heterocycles. The lowest BCUT2D eigenvalue weighted by molar-refractivity contribution is 0.521. The van der Waals surface area contributed by atoms with Crippen LogP contribution in [-0.4, -0.2) is 17.3 Å². The van der Waals surface area contributed by atoms with Crippen LogP contribution in [0.15, 0.2) is 26.8 Å². The predicted octanol–water partition coefficient (Wildman–Crippen LogP) is 30.4. The quantitative estimate of drug-likeness (QED) is 0.0471. The van der Waals surface area contributed by atoms with E-state index >= 15 is 0 Å². The summed E-state index contributed by atoms with van der Waals surface area (Å²) in [6, 6.07) is 5.19. The Morgan fingerprint density at radius 3 is 0.556 bits per heavy atom. The molecule has 0 saturated carbocycles. The van der Waals surface area contributed by atoms with Gasteiger partial charge < -0.3 is 0 Å². The van der Waals surface area contributed by atoms with Crippen LogP contribution in [0, 0.1) is 6.92 Å². The highest BCUT2D eigenvalue weighted by Crippen LogP contribution is 2.41. The summed E-state index contributed by atoms with van der Waals surface area (Å²) in [6.07, 6.45) is 93.9. The molecule has 0 N–H and O–H groups in total. The van der Waals surface area contributed by atoms with Gasteiger partial charge in [0.15, 0.2) is 0 Å². The number of aryl methyl sites for hydroxylation is 1. The van der Waals surface area contributed by atoms with Crippen LogP contribution < -0.4 is 0 Å². The Morgan fingerprint density at radius 2 is 0.383 bits per heavy atom. The van der Waals surface area contributed by atoms with Gasteiger partial charge in [-0.3, -0.25) is 0 Å². The van der Waals surface area contributed by atoms with Gasteiger partial charge in [0.25, 0.3) is 0 Å². The van der Waals surface area contributed by atoms with Crippen LogP contribution in [-0.2, 0) is 6.42 Å². The van der Waals surface area contributed by atoms with Gasteiger partial charge in [0.2, 0.25) is 0 Å². The SMILES string of the molecule is [CH2]CCc1cc(SCCCCCCCCCCCCCCCCCCCCCCC)c(SCCCCCCCCCCCCCCCCCCCCCCC)c(SCCCCCCCCCCCCCCCCCCCCCCC)c1. The first-order valence-corrected chi connectivity index (χ1v) is 41.1. The molecule has 1 rings (SSSR count). The molecule has 0 fully saturated rings. The number of benzene rings is 1. The molecule has 0 aliphatic rings. The lowest BCUT2D eigenvalue weighted by Crippen LogP contribution is -1.94. The maximum atomic E-state index is 4.30. The third-order valence-corrected chi connectivity index (χ3v) is 21.8. The van der Waals surface area contributed by atoms with Crippen LogP contribution in [0.5, 0.6) is 0 Å². The molecule has 81 heavy (non-hydrogen) atoms. The Balaban J connectivity index is 2.38.